The molecule has 2 unspecified atom stereocenters. The van der Waals surface area contributed by atoms with E-state index < -0.39 is 0 Å². The molecular weight excluding hydrogens is 148 g/mol. The molecule has 2 rings (SSSR count). The third kappa shape index (κ3) is 1.46. The zero-order chi connectivity index (χ0) is 8.60. The Bertz CT molecular complexity index is 225. The van der Waals surface area contributed by atoms with E-state index in [4.69, 9.17) is 4.74 Å². The second-order valence-corrected chi connectivity index (χ2v) is 4.58. The Morgan fingerprint density at radius 1 is 1.25 bits per heavy atom. The number of hydrogen-bond donors (Lipinski definition) is 0. The highest BCUT2D eigenvalue weighted by atomic mass is 16.5. The molecule has 0 radical (unpaired) electrons. The molecule has 0 spiro atoms. The smallest absolute Gasteiger partial charge is 0.0821 e. The molecule has 1 aliphatic carbocycles. The molecule has 0 saturated carbocycles. The zero-order valence-electron chi connectivity index (χ0n) is 7.79. The lowest BCUT2D eigenvalue weighted by molar-refractivity contribution is -0.0503. The van der Waals surface area contributed by atoms with Crippen molar-refractivity contribution >= 4 is 0 Å². The Morgan fingerprint density at radius 3 is 2.83 bits per heavy atom. The lowest BCUT2D eigenvalue weighted by Crippen LogP contribution is -2.37. The number of hydrogen-bond acceptors (Lipinski definition) is 1. The lowest BCUT2D eigenvalue weighted by Gasteiger charge is -2.39. The summed E-state index contributed by atoms with van der Waals surface area (Å²) in [5.41, 5.74) is 0.358. The summed E-state index contributed by atoms with van der Waals surface area (Å²) in [6, 6.07) is 0. The largest absolute Gasteiger partial charge is 0.373 e. The monoisotopic (exact) mass is 164 g/mol. The van der Waals surface area contributed by atoms with E-state index in [0.717, 1.165) is 6.61 Å². The molecular formula is C11H16O. The molecule has 1 fully saturated rings. The van der Waals surface area contributed by atoms with Crippen LogP contribution in [0.15, 0.2) is 24.3 Å². The van der Waals surface area contributed by atoms with Gasteiger partial charge in [-0.1, -0.05) is 38.2 Å². The summed E-state index contributed by atoms with van der Waals surface area (Å²) in [6.07, 6.45) is 10.2. The first kappa shape index (κ1) is 8.06. The van der Waals surface area contributed by atoms with Gasteiger partial charge >= 0.3 is 0 Å². The summed E-state index contributed by atoms with van der Waals surface area (Å²) in [5.74, 6) is 0.610. The second-order valence-electron chi connectivity index (χ2n) is 4.58. The van der Waals surface area contributed by atoms with Gasteiger partial charge in [-0.3, -0.25) is 0 Å². The van der Waals surface area contributed by atoms with Crippen LogP contribution >= 0.6 is 0 Å². The Kier molecular flexibility index (Phi) is 1.84. The van der Waals surface area contributed by atoms with E-state index in [9.17, 15) is 0 Å². The van der Waals surface area contributed by atoms with Crippen LogP contribution in [-0.4, -0.2) is 12.7 Å². The quantitative estimate of drug-likeness (QED) is 0.534. The summed E-state index contributed by atoms with van der Waals surface area (Å²) >= 11 is 0. The minimum absolute atomic E-state index is 0.350. The molecule has 2 aliphatic rings. The van der Waals surface area contributed by atoms with Gasteiger partial charge in [0, 0.05) is 5.92 Å². The maximum absolute atomic E-state index is 5.76. The van der Waals surface area contributed by atoms with E-state index >= 15 is 0 Å². The van der Waals surface area contributed by atoms with Gasteiger partial charge in [0.15, 0.2) is 0 Å². The summed E-state index contributed by atoms with van der Waals surface area (Å²) in [5, 5.41) is 0. The number of allylic oxidation sites excluding steroid dienone is 2. The highest BCUT2D eigenvalue weighted by Gasteiger charge is 2.33. The lowest BCUT2D eigenvalue weighted by atomic mass is 9.77. The van der Waals surface area contributed by atoms with Crippen LogP contribution in [0.4, 0.5) is 0 Å². The van der Waals surface area contributed by atoms with Gasteiger partial charge in [-0.05, 0) is 11.8 Å². The van der Waals surface area contributed by atoms with Gasteiger partial charge in [-0.25, -0.2) is 0 Å². The van der Waals surface area contributed by atoms with Crippen LogP contribution in [0.25, 0.3) is 0 Å². The van der Waals surface area contributed by atoms with Gasteiger partial charge in [0.05, 0.1) is 12.7 Å². The SMILES string of the molecule is CC1(C)COC2C=CC=CC2C1. The number of fused-ring (bicyclic) bond motifs is 1. The van der Waals surface area contributed by atoms with Crippen LogP contribution in [0.2, 0.25) is 0 Å². The van der Waals surface area contributed by atoms with Gasteiger partial charge in [0.25, 0.3) is 0 Å². The third-order valence-electron chi connectivity index (χ3n) is 2.65. The van der Waals surface area contributed by atoms with E-state index in [0.29, 0.717) is 17.4 Å². The average molecular weight is 164 g/mol. The number of rotatable bonds is 0. The molecule has 1 saturated heterocycles. The molecule has 66 valence electrons. The maximum Gasteiger partial charge on any atom is 0.0821 e. The van der Waals surface area contributed by atoms with Gasteiger partial charge in [-0.2, -0.15) is 0 Å². The second kappa shape index (κ2) is 2.74. The van der Waals surface area contributed by atoms with Gasteiger partial charge in [0.1, 0.15) is 0 Å². The fraction of sp³-hybridized carbons (Fsp3) is 0.636. The van der Waals surface area contributed by atoms with Crippen LogP contribution in [0.1, 0.15) is 20.3 Å². The molecule has 0 aromatic rings. The van der Waals surface area contributed by atoms with E-state index in [-0.39, 0.29) is 0 Å². The third-order valence-corrected chi connectivity index (χ3v) is 2.65. The van der Waals surface area contributed by atoms with Crippen LogP contribution in [-0.2, 0) is 4.74 Å². The molecule has 1 nitrogen and oxygen atoms in total. The standard InChI is InChI=1S/C11H16O/c1-11(2)7-9-5-3-4-6-10(9)12-8-11/h3-6,9-10H,7-8H2,1-2H3. The van der Waals surface area contributed by atoms with E-state index in [2.05, 4.69) is 38.2 Å². The van der Waals surface area contributed by atoms with Crippen LogP contribution in [0, 0.1) is 11.3 Å². The fourth-order valence-corrected chi connectivity index (χ4v) is 2.01. The first-order valence-electron chi connectivity index (χ1n) is 4.64. The maximum atomic E-state index is 5.76. The zero-order valence-corrected chi connectivity index (χ0v) is 7.79. The molecule has 0 amide bonds. The van der Waals surface area contributed by atoms with Crippen LogP contribution in [0.3, 0.4) is 0 Å². The highest BCUT2D eigenvalue weighted by Crippen LogP contribution is 2.36. The molecule has 0 aromatic heterocycles. The molecule has 1 heteroatoms. The fourth-order valence-electron chi connectivity index (χ4n) is 2.01. The van der Waals surface area contributed by atoms with Crippen LogP contribution < -0.4 is 0 Å². The average Bonchev–Trinajstić information content (AvgIpc) is 2.02. The molecule has 0 bridgehead atoms. The summed E-state index contributed by atoms with van der Waals surface area (Å²) in [7, 11) is 0. The first-order chi connectivity index (χ1) is 5.67. The van der Waals surface area contributed by atoms with Crippen molar-refractivity contribution in [3.05, 3.63) is 24.3 Å². The summed E-state index contributed by atoms with van der Waals surface area (Å²) < 4.78 is 5.76. The Labute approximate surface area is 74.1 Å². The Hall–Kier alpha value is -0.560. The van der Waals surface area contributed by atoms with Crippen molar-refractivity contribution in [2.24, 2.45) is 11.3 Å². The molecule has 1 heterocycles. The van der Waals surface area contributed by atoms with E-state index in [1.807, 2.05) is 0 Å². The predicted octanol–water partition coefficient (Wildman–Crippen LogP) is 2.54. The minimum atomic E-state index is 0.350. The van der Waals surface area contributed by atoms with Gasteiger partial charge < -0.3 is 4.74 Å². The van der Waals surface area contributed by atoms with E-state index in [1.54, 1.807) is 0 Å². The van der Waals surface area contributed by atoms with Gasteiger partial charge in [-0.15, -0.1) is 0 Å². The van der Waals surface area contributed by atoms with Crippen molar-refractivity contribution in [1.29, 1.82) is 0 Å². The van der Waals surface area contributed by atoms with Crippen molar-refractivity contribution in [3.63, 3.8) is 0 Å². The molecule has 12 heavy (non-hydrogen) atoms. The van der Waals surface area contributed by atoms with E-state index in [1.165, 1.54) is 6.42 Å². The van der Waals surface area contributed by atoms with Crippen LogP contribution in [0.5, 0.6) is 0 Å². The first-order valence-corrected chi connectivity index (χ1v) is 4.64. The molecule has 2 atom stereocenters. The highest BCUT2D eigenvalue weighted by molar-refractivity contribution is 5.17. The number of ether oxygens (including phenoxy) is 1. The van der Waals surface area contributed by atoms with Gasteiger partial charge in [0.2, 0.25) is 0 Å². The van der Waals surface area contributed by atoms with Crippen molar-refractivity contribution in [2.45, 2.75) is 26.4 Å². The van der Waals surface area contributed by atoms with Crippen molar-refractivity contribution < 1.29 is 4.74 Å². The predicted molar refractivity (Wildman–Crippen MR) is 49.9 cm³/mol. The normalized spacial score (nSPS) is 37.8. The van der Waals surface area contributed by atoms with Crippen molar-refractivity contribution in [3.8, 4) is 0 Å². The molecule has 0 aromatic carbocycles. The minimum Gasteiger partial charge on any atom is -0.373 e. The van der Waals surface area contributed by atoms with Crippen molar-refractivity contribution in [2.75, 3.05) is 6.61 Å². The van der Waals surface area contributed by atoms with Crippen molar-refractivity contribution in [1.82, 2.24) is 0 Å². The molecule has 0 N–H and O–H groups in total. The molecule has 1 aliphatic heterocycles. The Balaban J connectivity index is 2.11. The summed E-state index contributed by atoms with van der Waals surface area (Å²) in [6.45, 7) is 5.44. The Morgan fingerprint density at radius 2 is 2.00 bits per heavy atom. The summed E-state index contributed by atoms with van der Waals surface area (Å²) in [4.78, 5) is 0. The topological polar surface area (TPSA) is 9.23 Å².